The molecule has 0 unspecified atom stereocenters. The van der Waals surface area contributed by atoms with Crippen molar-refractivity contribution in [2.24, 2.45) is 0 Å². The molecule has 0 amide bonds. The topological polar surface area (TPSA) is 79.3 Å². The number of fused-ring (bicyclic) bond motifs is 1. The molecule has 0 atom stereocenters. The van der Waals surface area contributed by atoms with Crippen molar-refractivity contribution < 1.29 is 13.5 Å². The van der Waals surface area contributed by atoms with Crippen molar-refractivity contribution in [1.29, 1.82) is 0 Å². The van der Waals surface area contributed by atoms with E-state index in [4.69, 9.17) is 23.2 Å². The Labute approximate surface area is 144 Å². The number of nitrogens with zero attached hydrogens (tertiary/aromatic N) is 1. The first kappa shape index (κ1) is 16.9. The number of rotatable bonds is 4. The molecule has 1 aromatic carbocycles. The molecule has 1 saturated carbocycles. The van der Waals surface area contributed by atoms with Crippen molar-refractivity contribution in [3.8, 4) is 0 Å². The van der Waals surface area contributed by atoms with Gasteiger partial charge in [-0.2, -0.15) is 0 Å². The number of benzene rings is 1. The van der Waals surface area contributed by atoms with Gasteiger partial charge < -0.3 is 5.11 Å². The zero-order valence-corrected chi connectivity index (χ0v) is 14.5. The standard InChI is InChI=1S/C15H16Cl2N2O3S/c16-13-7-10-3-4-11(8-12(10)14(17)18-13)23(21,22)19-15(9-20)5-1-2-6-15/h3-4,7-8,19-20H,1-2,5-6,9H2. The summed E-state index contributed by atoms with van der Waals surface area (Å²) in [5.74, 6) is 0. The SMILES string of the molecule is O=S(=O)(NC1(CO)CCCC1)c1ccc2cc(Cl)nc(Cl)c2c1. The average Bonchev–Trinajstić information content (AvgIpc) is 2.95. The van der Waals surface area contributed by atoms with Crippen LogP contribution in [0.5, 0.6) is 0 Å². The number of hydrogen-bond acceptors (Lipinski definition) is 4. The molecular weight excluding hydrogens is 359 g/mol. The lowest BCUT2D eigenvalue weighted by Crippen LogP contribution is -2.49. The smallest absolute Gasteiger partial charge is 0.241 e. The van der Waals surface area contributed by atoms with Crippen molar-refractivity contribution in [1.82, 2.24) is 9.71 Å². The van der Waals surface area contributed by atoms with Crippen molar-refractivity contribution in [2.45, 2.75) is 36.1 Å². The molecule has 0 radical (unpaired) electrons. The summed E-state index contributed by atoms with van der Waals surface area (Å²) < 4.78 is 28.0. The number of aromatic nitrogens is 1. The Morgan fingerprint density at radius 1 is 1.22 bits per heavy atom. The normalized spacial score (nSPS) is 17.7. The van der Waals surface area contributed by atoms with E-state index in [-0.39, 0.29) is 21.8 Å². The summed E-state index contributed by atoms with van der Waals surface area (Å²) in [7, 11) is -3.76. The first-order valence-electron chi connectivity index (χ1n) is 7.26. The quantitative estimate of drug-likeness (QED) is 0.805. The molecule has 0 saturated heterocycles. The van der Waals surface area contributed by atoms with E-state index >= 15 is 0 Å². The molecule has 1 aliphatic rings. The van der Waals surface area contributed by atoms with Crippen LogP contribution in [0.25, 0.3) is 10.8 Å². The van der Waals surface area contributed by atoms with E-state index in [9.17, 15) is 13.5 Å². The van der Waals surface area contributed by atoms with Crippen molar-refractivity contribution >= 4 is 44.0 Å². The molecule has 1 fully saturated rings. The van der Waals surface area contributed by atoms with Crippen LogP contribution >= 0.6 is 23.2 Å². The van der Waals surface area contributed by atoms with Gasteiger partial charge in [0.1, 0.15) is 10.3 Å². The number of aliphatic hydroxyl groups excluding tert-OH is 1. The lowest BCUT2D eigenvalue weighted by atomic mass is 10.0. The van der Waals surface area contributed by atoms with Crippen LogP contribution < -0.4 is 4.72 Å². The van der Waals surface area contributed by atoms with Crippen LogP contribution in [-0.2, 0) is 10.0 Å². The van der Waals surface area contributed by atoms with Gasteiger partial charge in [0.15, 0.2) is 0 Å². The first-order chi connectivity index (χ1) is 10.9. The fraction of sp³-hybridized carbons (Fsp3) is 0.400. The summed E-state index contributed by atoms with van der Waals surface area (Å²) in [6, 6.07) is 6.24. The Balaban J connectivity index is 2.01. The molecule has 1 heterocycles. The third-order valence-corrected chi connectivity index (χ3v) is 6.31. The van der Waals surface area contributed by atoms with Gasteiger partial charge in [0.2, 0.25) is 10.0 Å². The van der Waals surface area contributed by atoms with Crippen molar-refractivity contribution in [2.75, 3.05) is 6.61 Å². The molecular formula is C15H16Cl2N2O3S. The highest BCUT2D eigenvalue weighted by molar-refractivity contribution is 7.89. The monoisotopic (exact) mass is 374 g/mol. The molecule has 2 aromatic rings. The molecule has 0 aliphatic heterocycles. The molecule has 5 nitrogen and oxygen atoms in total. The molecule has 0 spiro atoms. The second kappa shape index (κ2) is 6.18. The second-order valence-corrected chi connectivity index (χ2v) is 8.30. The molecule has 2 N–H and O–H groups in total. The van der Waals surface area contributed by atoms with Crippen LogP contribution in [0.4, 0.5) is 0 Å². The maximum Gasteiger partial charge on any atom is 0.241 e. The summed E-state index contributed by atoms with van der Waals surface area (Å²) in [5, 5.41) is 11.2. The summed E-state index contributed by atoms with van der Waals surface area (Å²) in [6.45, 7) is -0.211. The zero-order valence-electron chi connectivity index (χ0n) is 12.2. The Morgan fingerprint density at radius 2 is 1.91 bits per heavy atom. The summed E-state index contributed by atoms with van der Waals surface area (Å²) in [4.78, 5) is 4.03. The van der Waals surface area contributed by atoms with E-state index in [0.29, 0.717) is 23.6 Å². The fourth-order valence-electron chi connectivity index (χ4n) is 3.01. The van der Waals surface area contributed by atoms with Crippen LogP contribution in [0.3, 0.4) is 0 Å². The number of halogens is 2. The van der Waals surface area contributed by atoms with Crippen LogP contribution in [0.2, 0.25) is 10.3 Å². The Bertz CT molecular complexity index is 849. The van der Waals surface area contributed by atoms with Crippen molar-refractivity contribution in [3.63, 3.8) is 0 Å². The van der Waals surface area contributed by atoms with Crippen LogP contribution in [0, 0.1) is 0 Å². The van der Waals surface area contributed by atoms with Gasteiger partial charge in [-0.25, -0.2) is 18.1 Å². The average molecular weight is 375 g/mol. The van der Waals surface area contributed by atoms with Gasteiger partial charge in [-0.05, 0) is 36.4 Å². The van der Waals surface area contributed by atoms with Gasteiger partial charge in [0.05, 0.1) is 17.0 Å². The van der Waals surface area contributed by atoms with Gasteiger partial charge in [0.25, 0.3) is 0 Å². The molecule has 23 heavy (non-hydrogen) atoms. The molecule has 1 aliphatic carbocycles. The molecule has 124 valence electrons. The van der Waals surface area contributed by atoms with E-state index < -0.39 is 15.6 Å². The fourth-order valence-corrected chi connectivity index (χ4v) is 4.99. The minimum atomic E-state index is -3.76. The summed E-state index contributed by atoms with van der Waals surface area (Å²) in [6.07, 6.45) is 3.06. The second-order valence-electron chi connectivity index (χ2n) is 5.87. The number of aliphatic hydroxyl groups is 1. The molecule has 3 rings (SSSR count). The van der Waals surface area contributed by atoms with E-state index in [1.54, 1.807) is 12.1 Å². The van der Waals surface area contributed by atoms with E-state index in [2.05, 4.69) is 9.71 Å². The Kier molecular flexibility index (Phi) is 4.55. The number of nitrogens with one attached hydrogen (secondary N) is 1. The van der Waals surface area contributed by atoms with E-state index in [1.165, 1.54) is 12.1 Å². The minimum Gasteiger partial charge on any atom is -0.394 e. The summed E-state index contributed by atoms with van der Waals surface area (Å²) in [5.41, 5.74) is -0.768. The highest BCUT2D eigenvalue weighted by Gasteiger charge is 2.37. The molecule has 0 bridgehead atoms. The maximum atomic E-state index is 12.7. The number of sulfonamides is 1. The predicted molar refractivity (Wildman–Crippen MR) is 90.4 cm³/mol. The lowest BCUT2D eigenvalue weighted by Gasteiger charge is -2.27. The molecule has 8 heteroatoms. The Hall–Kier alpha value is -0.920. The lowest BCUT2D eigenvalue weighted by molar-refractivity contribution is 0.185. The van der Waals surface area contributed by atoms with Crippen molar-refractivity contribution in [3.05, 3.63) is 34.6 Å². The Morgan fingerprint density at radius 3 is 2.57 bits per heavy atom. The maximum absolute atomic E-state index is 12.7. The van der Waals surface area contributed by atoms with Crippen LogP contribution in [0.1, 0.15) is 25.7 Å². The van der Waals surface area contributed by atoms with Gasteiger partial charge in [-0.3, -0.25) is 0 Å². The predicted octanol–water partition coefficient (Wildman–Crippen LogP) is 3.13. The van der Waals surface area contributed by atoms with Gasteiger partial charge in [-0.1, -0.05) is 42.1 Å². The third kappa shape index (κ3) is 3.32. The van der Waals surface area contributed by atoms with Gasteiger partial charge in [-0.15, -0.1) is 0 Å². The van der Waals surface area contributed by atoms with Crippen LogP contribution in [0.15, 0.2) is 29.2 Å². The minimum absolute atomic E-state index is 0.0933. The molecule has 1 aromatic heterocycles. The highest BCUT2D eigenvalue weighted by Crippen LogP contribution is 2.32. The third-order valence-electron chi connectivity index (χ3n) is 4.25. The first-order valence-corrected chi connectivity index (χ1v) is 9.50. The van der Waals surface area contributed by atoms with Gasteiger partial charge >= 0.3 is 0 Å². The van der Waals surface area contributed by atoms with E-state index in [0.717, 1.165) is 12.8 Å². The van der Waals surface area contributed by atoms with Crippen LogP contribution in [-0.4, -0.2) is 30.7 Å². The highest BCUT2D eigenvalue weighted by atomic mass is 35.5. The largest absolute Gasteiger partial charge is 0.394 e. The zero-order chi connectivity index (χ0) is 16.7. The van der Waals surface area contributed by atoms with E-state index in [1.807, 2.05) is 0 Å². The number of hydrogen-bond donors (Lipinski definition) is 2. The number of pyridine rings is 1. The van der Waals surface area contributed by atoms with Gasteiger partial charge in [0, 0.05) is 5.39 Å². The summed E-state index contributed by atoms with van der Waals surface area (Å²) >= 11 is 11.9.